The average Bonchev–Trinajstić information content (AvgIpc) is 3.13. The maximum absolute atomic E-state index is 12.1. The molecule has 0 unspecified atom stereocenters. The Morgan fingerprint density at radius 1 is 0.968 bits per heavy atom. The number of para-hydroxylation sites is 1. The number of fused-ring (bicyclic) bond motifs is 1. The molecule has 2 aromatic rings. The van der Waals surface area contributed by atoms with E-state index in [-0.39, 0.29) is 13.0 Å². The van der Waals surface area contributed by atoms with E-state index >= 15 is 0 Å². The van der Waals surface area contributed by atoms with Gasteiger partial charge in [-0.25, -0.2) is 0 Å². The van der Waals surface area contributed by atoms with E-state index in [2.05, 4.69) is 5.32 Å². The first-order valence-corrected chi connectivity index (χ1v) is 10.8. The van der Waals surface area contributed by atoms with Gasteiger partial charge >= 0.3 is 5.97 Å². The molecule has 4 rings (SSSR count). The Labute approximate surface area is 181 Å². The van der Waals surface area contributed by atoms with Crippen molar-refractivity contribution in [3.05, 3.63) is 48.5 Å². The maximum atomic E-state index is 12.1. The number of benzene rings is 2. The molecule has 0 radical (unpaired) electrons. The van der Waals surface area contributed by atoms with Crippen molar-refractivity contribution in [2.24, 2.45) is 0 Å². The molecule has 2 aromatic carbocycles. The van der Waals surface area contributed by atoms with Gasteiger partial charge < -0.3 is 24.3 Å². The van der Waals surface area contributed by atoms with Crippen LogP contribution in [0.4, 0.5) is 5.69 Å². The van der Waals surface area contributed by atoms with Crippen molar-refractivity contribution in [2.75, 3.05) is 18.5 Å². The maximum Gasteiger partial charge on any atom is 0.306 e. The quantitative estimate of drug-likeness (QED) is 0.497. The molecule has 1 spiro atoms. The molecule has 7 heteroatoms. The molecule has 1 saturated carbocycles. The number of hydrogen-bond donors (Lipinski definition) is 1. The molecule has 31 heavy (non-hydrogen) atoms. The van der Waals surface area contributed by atoms with Gasteiger partial charge in [0.15, 0.2) is 18.1 Å². The summed E-state index contributed by atoms with van der Waals surface area (Å²) in [6, 6.07) is 14.7. The summed E-state index contributed by atoms with van der Waals surface area (Å²) in [7, 11) is 0. The summed E-state index contributed by atoms with van der Waals surface area (Å²) in [4.78, 5) is 24.0. The summed E-state index contributed by atoms with van der Waals surface area (Å²) in [5.74, 6) is 0.701. The smallest absolute Gasteiger partial charge is 0.306 e. The van der Waals surface area contributed by atoms with Crippen molar-refractivity contribution < 1.29 is 28.5 Å². The highest BCUT2D eigenvalue weighted by Gasteiger charge is 2.42. The monoisotopic (exact) mass is 425 g/mol. The number of rotatable bonds is 8. The van der Waals surface area contributed by atoms with Crippen LogP contribution in [0.3, 0.4) is 0 Å². The molecule has 0 aromatic heterocycles. The topological polar surface area (TPSA) is 83.1 Å². The lowest BCUT2D eigenvalue weighted by Crippen LogP contribution is -2.40. The van der Waals surface area contributed by atoms with Crippen LogP contribution in [0.15, 0.2) is 48.5 Å². The highest BCUT2D eigenvalue weighted by molar-refractivity contribution is 5.93. The summed E-state index contributed by atoms with van der Waals surface area (Å²) >= 11 is 0. The number of esters is 1. The van der Waals surface area contributed by atoms with Crippen molar-refractivity contribution in [1.82, 2.24) is 0 Å². The van der Waals surface area contributed by atoms with Crippen molar-refractivity contribution in [1.29, 1.82) is 0 Å². The summed E-state index contributed by atoms with van der Waals surface area (Å²) in [6.45, 7) is 0.0702. The molecule has 2 aliphatic rings. The largest absolute Gasteiger partial charge is 0.494 e. The fourth-order valence-electron chi connectivity index (χ4n) is 3.80. The summed E-state index contributed by atoms with van der Waals surface area (Å²) in [5, 5.41) is 2.73. The van der Waals surface area contributed by atoms with Crippen LogP contribution >= 0.6 is 0 Å². The van der Waals surface area contributed by atoms with Gasteiger partial charge in [0.25, 0.3) is 11.7 Å². The lowest BCUT2D eigenvalue weighted by molar-refractivity contribution is -0.147. The highest BCUT2D eigenvalue weighted by Crippen LogP contribution is 2.46. The van der Waals surface area contributed by atoms with E-state index in [4.69, 9.17) is 18.9 Å². The number of nitrogens with one attached hydrogen (secondary N) is 1. The molecule has 0 atom stereocenters. The molecule has 164 valence electrons. The van der Waals surface area contributed by atoms with Crippen LogP contribution in [0.2, 0.25) is 0 Å². The second kappa shape index (κ2) is 9.73. The molecule has 1 aliphatic heterocycles. The third-order valence-corrected chi connectivity index (χ3v) is 5.34. The first-order chi connectivity index (χ1) is 15.1. The number of ether oxygens (including phenoxy) is 4. The number of amides is 1. The van der Waals surface area contributed by atoms with Crippen LogP contribution in [0.5, 0.6) is 17.2 Å². The third kappa shape index (κ3) is 5.69. The number of carbonyl (C=O) groups is 2. The number of anilines is 1. The molecule has 0 saturated heterocycles. The van der Waals surface area contributed by atoms with Crippen LogP contribution in [-0.4, -0.2) is 30.9 Å². The number of hydrogen-bond acceptors (Lipinski definition) is 6. The zero-order valence-electron chi connectivity index (χ0n) is 17.4. The van der Waals surface area contributed by atoms with Crippen molar-refractivity contribution in [3.63, 3.8) is 0 Å². The molecular weight excluding hydrogens is 398 g/mol. The first kappa shape index (κ1) is 21.0. The Balaban J connectivity index is 1.17. The predicted octanol–water partition coefficient (Wildman–Crippen LogP) is 4.46. The van der Waals surface area contributed by atoms with Crippen LogP contribution in [-0.2, 0) is 14.3 Å². The molecule has 1 heterocycles. The Bertz CT molecular complexity index is 908. The number of carbonyl (C=O) groups excluding carboxylic acids is 2. The van der Waals surface area contributed by atoms with Gasteiger partial charge in [-0.1, -0.05) is 24.6 Å². The lowest BCUT2D eigenvalue weighted by Gasteiger charge is -2.31. The fraction of sp³-hybridized carbons (Fsp3) is 0.417. The molecule has 1 amide bonds. The Morgan fingerprint density at radius 3 is 2.55 bits per heavy atom. The lowest BCUT2D eigenvalue weighted by atomic mass is 9.94. The highest BCUT2D eigenvalue weighted by atomic mass is 16.7. The van der Waals surface area contributed by atoms with Gasteiger partial charge in [0.1, 0.15) is 5.75 Å². The van der Waals surface area contributed by atoms with Gasteiger partial charge in [0, 0.05) is 31.0 Å². The molecule has 1 N–H and O–H groups in total. The Hall–Kier alpha value is -3.22. The van der Waals surface area contributed by atoms with Crippen molar-refractivity contribution in [2.45, 2.75) is 50.7 Å². The van der Waals surface area contributed by atoms with E-state index in [9.17, 15) is 9.59 Å². The minimum atomic E-state index is -0.553. The van der Waals surface area contributed by atoms with Crippen molar-refractivity contribution >= 4 is 17.6 Å². The molecule has 1 fully saturated rings. The summed E-state index contributed by atoms with van der Waals surface area (Å²) < 4.78 is 22.7. The molecule has 0 bridgehead atoms. The Morgan fingerprint density at radius 2 is 1.74 bits per heavy atom. The summed E-state index contributed by atoms with van der Waals surface area (Å²) in [5.41, 5.74) is 0.576. The fourth-order valence-corrected chi connectivity index (χ4v) is 3.80. The van der Waals surface area contributed by atoms with E-state index < -0.39 is 17.7 Å². The predicted molar refractivity (Wildman–Crippen MR) is 114 cm³/mol. The first-order valence-electron chi connectivity index (χ1n) is 10.8. The molecule has 7 nitrogen and oxygen atoms in total. The van der Waals surface area contributed by atoms with Crippen LogP contribution in [0.25, 0.3) is 0 Å². The standard InChI is InChI=1S/C24H27NO6/c26-22(17-29-23(27)10-7-15-28-19-8-3-1-4-9-19)25-18-11-12-20-21(16-18)31-24(30-20)13-5-2-6-14-24/h1,3-4,8-9,11-12,16H,2,5-7,10,13-15,17H2,(H,25,26). The van der Waals surface area contributed by atoms with Crippen LogP contribution < -0.4 is 19.5 Å². The minimum absolute atomic E-state index is 0.187. The van der Waals surface area contributed by atoms with E-state index in [1.807, 2.05) is 30.3 Å². The summed E-state index contributed by atoms with van der Waals surface area (Å²) in [6.07, 6.45) is 5.81. The van der Waals surface area contributed by atoms with Gasteiger partial charge in [0.2, 0.25) is 0 Å². The zero-order valence-corrected chi connectivity index (χ0v) is 17.4. The SMILES string of the molecule is O=C(COC(=O)CCCOc1ccccc1)Nc1ccc2c(c1)OC1(CCCCC1)O2. The van der Waals surface area contributed by atoms with E-state index in [0.29, 0.717) is 30.2 Å². The minimum Gasteiger partial charge on any atom is -0.494 e. The van der Waals surface area contributed by atoms with E-state index in [0.717, 1.165) is 31.4 Å². The van der Waals surface area contributed by atoms with E-state index in [1.54, 1.807) is 18.2 Å². The van der Waals surface area contributed by atoms with Gasteiger partial charge in [-0.2, -0.15) is 0 Å². The van der Waals surface area contributed by atoms with Gasteiger partial charge in [0.05, 0.1) is 6.61 Å². The third-order valence-electron chi connectivity index (χ3n) is 5.34. The van der Waals surface area contributed by atoms with Gasteiger partial charge in [-0.15, -0.1) is 0 Å². The zero-order chi connectivity index (χ0) is 21.5. The van der Waals surface area contributed by atoms with Gasteiger partial charge in [-0.05, 0) is 43.5 Å². The van der Waals surface area contributed by atoms with Crippen LogP contribution in [0, 0.1) is 0 Å². The molecular formula is C24H27NO6. The second-order valence-corrected chi connectivity index (χ2v) is 7.81. The molecule has 1 aliphatic carbocycles. The van der Waals surface area contributed by atoms with Crippen LogP contribution in [0.1, 0.15) is 44.9 Å². The van der Waals surface area contributed by atoms with Gasteiger partial charge in [-0.3, -0.25) is 9.59 Å². The van der Waals surface area contributed by atoms with Crippen molar-refractivity contribution in [3.8, 4) is 17.2 Å². The van der Waals surface area contributed by atoms with E-state index in [1.165, 1.54) is 6.42 Å². The Kier molecular flexibility index (Phi) is 6.60. The average molecular weight is 425 g/mol. The second-order valence-electron chi connectivity index (χ2n) is 7.81. The normalized spacial score (nSPS) is 16.0.